The monoisotopic (exact) mass is 356 g/mol. The molecule has 0 heterocycles. The summed E-state index contributed by atoms with van der Waals surface area (Å²) in [6.45, 7) is 3.51. The van der Waals surface area contributed by atoms with Crippen LogP contribution in [0.15, 0.2) is 30.8 Å². The summed E-state index contributed by atoms with van der Waals surface area (Å²) in [6, 6.07) is 6.75. The van der Waals surface area contributed by atoms with E-state index in [1.54, 1.807) is 24.3 Å². The normalized spacial score (nSPS) is 8.33. The smallest absolute Gasteiger partial charge is 0.336 e. The topological polar surface area (TPSA) is 37.3 Å². The van der Waals surface area contributed by atoms with Crippen molar-refractivity contribution < 1.29 is 9.90 Å². The summed E-state index contributed by atoms with van der Waals surface area (Å²) in [5.41, 5.74) is 0.947. The number of hydrogen-bond donors (Lipinski definition) is 1. The van der Waals surface area contributed by atoms with Crippen molar-refractivity contribution in [3.8, 4) is 0 Å². The van der Waals surface area contributed by atoms with Gasteiger partial charge in [-0.3, -0.25) is 0 Å². The summed E-state index contributed by atoms with van der Waals surface area (Å²) in [5, 5.41) is 8.65. The van der Waals surface area contributed by atoms with Gasteiger partial charge in [0.25, 0.3) is 0 Å². The van der Waals surface area contributed by atoms with Crippen molar-refractivity contribution in [3.05, 3.63) is 42.0 Å². The summed E-state index contributed by atoms with van der Waals surface area (Å²) < 4.78 is 0. The zero-order valence-electron chi connectivity index (χ0n) is 6.45. The maximum atomic E-state index is 10.5. The molecule has 0 aliphatic carbocycles. The Kier molecular flexibility index (Phi) is 4.80. The van der Waals surface area contributed by atoms with Crippen LogP contribution in [0.5, 0.6) is 0 Å². The van der Waals surface area contributed by atoms with Gasteiger partial charge in [0.15, 0.2) is 0 Å². The molecule has 12 heavy (non-hydrogen) atoms. The van der Waals surface area contributed by atoms with Crippen molar-refractivity contribution in [2.75, 3.05) is 0 Å². The molecule has 1 N–H and O–H groups in total. The summed E-state index contributed by atoms with van der Waals surface area (Å²) in [5.74, 6) is -0.916. The molecule has 0 saturated heterocycles. The van der Waals surface area contributed by atoms with Crippen LogP contribution in [0.4, 0.5) is 0 Å². The molecule has 1 aromatic rings. The third-order valence-corrected chi connectivity index (χ3v) is 1.41. The molecule has 0 spiro atoms. The van der Waals surface area contributed by atoms with Crippen LogP contribution in [0.3, 0.4) is 0 Å². The van der Waals surface area contributed by atoms with E-state index in [9.17, 15) is 4.79 Å². The second kappa shape index (κ2) is 5.08. The second-order valence-electron chi connectivity index (χ2n) is 2.10. The standard InChI is InChI=1S/C9H8O2.Pb/c1-2-7-5-3-4-6-8(7)9(10)11;/h2-6H,1H2,(H,10,11);. The fourth-order valence-corrected chi connectivity index (χ4v) is 0.870. The molecule has 0 amide bonds. The molecule has 0 aliphatic heterocycles. The fraction of sp³-hybridized carbons (Fsp3) is 0. The van der Waals surface area contributed by atoms with E-state index in [4.69, 9.17) is 5.11 Å². The van der Waals surface area contributed by atoms with Crippen LogP contribution >= 0.6 is 0 Å². The fourth-order valence-electron chi connectivity index (χ4n) is 0.870. The number of aromatic carboxylic acids is 1. The Bertz CT molecular complexity index is 294. The summed E-state index contributed by atoms with van der Waals surface area (Å²) >= 11 is 0. The molecule has 2 nitrogen and oxygen atoms in total. The Morgan fingerprint density at radius 3 is 2.42 bits per heavy atom. The minimum Gasteiger partial charge on any atom is -0.478 e. The molecule has 3 heteroatoms. The molecule has 0 bridgehead atoms. The van der Waals surface area contributed by atoms with E-state index in [1.807, 2.05) is 0 Å². The Labute approximate surface area is 91.1 Å². The van der Waals surface area contributed by atoms with Gasteiger partial charge >= 0.3 is 5.97 Å². The van der Waals surface area contributed by atoms with E-state index in [-0.39, 0.29) is 27.3 Å². The SMILES string of the molecule is C=Cc1ccccc1C(=O)O.[Pb]. The molecule has 0 unspecified atom stereocenters. The van der Waals surface area contributed by atoms with Gasteiger partial charge < -0.3 is 5.11 Å². The van der Waals surface area contributed by atoms with Crippen molar-refractivity contribution in [2.24, 2.45) is 0 Å². The van der Waals surface area contributed by atoms with Crippen LogP contribution in [0.1, 0.15) is 15.9 Å². The van der Waals surface area contributed by atoms with Gasteiger partial charge in [-0.2, -0.15) is 0 Å². The van der Waals surface area contributed by atoms with Gasteiger partial charge in [-0.25, -0.2) is 4.79 Å². The molecule has 0 aliphatic rings. The predicted octanol–water partition coefficient (Wildman–Crippen LogP) is 1.65. The van der Waals surface area contributed by atoms with E-state index in [0.29, 0.717) is 11.1 Å². The van der Waals surface area contributed by atoms with Crippen LogP contribution in [0, 0.1) is 0 Å². The largest absolute Gasteiger partial charge is 0.478 e. The predicted molar refractivity (Wildman–Crippen MR) is 49.2 cm³/mol. The molecular formula is C9H8O2Pb. The number of carboxylic acid groups (broad SMARTS) is 1. The minimum atomic E-state index is -0.916. The number of carboxylic acids is 1. The first-order valence-electron chi connectivity index (χ1n) is 3.20. The Morgan fingerprint density at radius 1 is 1.42 bits per heavy atom. The summed E-state index contributed by atoms with van der Waals surface area (Å²) in [6.07, 6.45) is 1.53. The van der Waals surface area contributed by atoms with E-state index >= 15 is 0 Å². The average Bonchev–Trinajstić information content (AvgIpc) is 2.04. The number of rotatable bonds is 2. The molecular weight excluding hydrogens is 347 g/mol. The first-order chi connectivity index (χ1) is 5.25. The summed E-state index contributed by atoms with van der Waals surface area (Å²) in [4.78, 5) is 10.5. The maximum Gasteiger partial charge on any atom is 0.336 e. The maximum absolute atomic E-state index is 10.5. The van der Waals surface area contributed by atoms with Crippen LogP contribution in [-0.4, -0.2) is 38.4 Å². The molecule has 1 rings (SSSR count). The van der Waals surface area contributed by atoms with Crippen molar-refractivity contribution in [3.63, 3.8) is 0 Å². The van der Waals surface area contributed by atoms with Gasteiger partial charge in [0, 0.05) is 27.3 Å². The molecule has 0 atom stereocenters. The van der Waals surface area contributed by atoms with Gasteiger partial charge in [0.1, 0.15) is 0 Å². The molecule has 0 fully saturated rings. The Morgan fingerprint density at radius 2 is 2.00 bits per heavy atom. The zero-order valence-corrected chi connectivity index (χ0v) is 10.3. The number of hydrogen-bond acceptors (Lipinski definition) is 1. The molecule has 60 valence electrons. The minimum absolute atomic E-state index is 0. The average molecular weight is 355 g/mol. The first-order valence-corrected chi connectivity index (χ1v) is 3.20. The molecule has 0 saturated carbocycles. The Hall–Kier alpha value is -0.648. The molecule has 0 aromatic heterocycles. The van der Waals surface area contributed by atoms with E-state index in [2.05, 4.69) is 6.58 Å². The van der Waals surface area contributed by atoms with Crippen molar-refractivity contribution >= 4 is 39.3 Å². The molecule has 4 radical (unpaired) electrons. The van der Waals surface area contributed by atoms with Crippen LogP contribution in [-0.2, 0) is 0 Å². The van der Waals surface area contributed by atoms with Gasteiger partial charge in [-0.15, -0.1) is 0 Å². The third kappa shape index (κ3) is 2.44. The number of benzene rings is 1. The zero-order chi connectivity index (χ0) is 8.27. The van der Waals surface area contributed by atoms with Crippen LogP contribution in [0.25, 0.3) is 6.08 Å². The van der Waals surface area contributed by atoms with E-state index in [0.717, 1.165) is 0 Å². The number of carbonyl (C=O) groups is 1. The van der Waals surface area contributed by atoms with E-state index < -0.39 is 5.97 Å². The van der Waals surface area contributed by atoms with Crippen molar-refractivity contribution in [1.82, 2.24) is 0 Å². The Balaban J connectivity index is 0.00000121. The summed E-state index contributed by atoms with van der Waals surface area (Å²) in [7, 11) is 0. The third-order valence-electron chi connectivity index (χ3n) is 1.41. The molecule has 1 aromatic carbocycles. The van der Waals surface area contributed by atoms with Crippen molar-refractivity contribution in [1.29, 1.82) is 0 Å². The van der Waals surface area contributed by atoms with E-state index in [1.165, 1.54) is 6.08 Å². The van der Waals surface area contributed by atoms with Crippen molar-refractivity contribution in [2.45, 2.75) is 0 Å². The van der Waals surface area contributed by atoms with Gasteiger partial charge in [0.2, 0.25) is 0 Å². The van der Waals surface area contributed by atoms with Crippen LogP contribution in [0.2, 0.25) is 0 Å². The quantitative estimate of drug-likeness (QED) is 0.819. The first kappa shape index (κ1) is 11.4. The van der Waals surface area contributed by atoms with Gasteiger partial charge in [-0.1, -0.05) is 30.9 Å². The van der Waals surface area contributed by atoms with Gasteiger partial charge in [0.05, 0.1) is 5.56 Å². The van der Waals surface area contributed by atoms with Crippen LogP contribution < -0.4 is 0 Å². The second-order valence-corrected chi connectivity index (χ2v) is 2.10. The van der Waals surface area contributed by atoms with Gasteiger partial charge in [-0.05, 0) is 11.6 Å².